The first-order valence-electron chi connectivity index (χ1n) is 9.73. The third kappa shape index (κ3) is 4.09. The number of carbonyl (C=O) groups excluding carboxylic acids is 1. The Balaban J connectivity index is 1.35. The van der Waals surface area contributed by atoms with Crippen LogP contribution in [-0.2, 0) is 11.2 Å². The molecule has 2 aliphatic heterocycles. The molecule has 4 nitrogen and oxygen atoms in total. The number of amides is 1. The zero-order chi connectivity index (χ0) is 19.7. The molecule has 2 bridgehead atoms. The molecule has 2 heterocycles. The SMILES string of the molecule is Nc1cc(Cl)ccc1OCC(=O)N1C2CCC1CC(Cc1ccc(F)cc1)C2. The molecule has 2 aromatic carbocycles. The molecule has 2 N–H and O–H groups in total. The molecule has 0 radical (unpaired) electrons. The lowest BCUT2D eigenvalue weighted by Gasteiger charge is -2.39. The number of nitrogen functional groups attached to an aromatic ring is 1. The van der Waals surface area contributed by atoms with E-state index in [2.05, 4.69) is 0 Å². The molecule has 28 heavy (non-hydrogen) atoms. The number of halogens is 2. The zero-order valence-electron chi connectivity index (χ0n) is 15.6. The van der Waals surface area contributed by atoms with Crippen LogP contribution in [0.2, 0.25) is 5.02 Å². The van der Waals surface area contributed by atoms with Crippen molar-refractivity contribution < 1.29 is 13.9 Å². The zero-order valence-corrected chi connectivity index (χ0v) is 16.4. The van der Waals surface area contributed by atoms with Gasteiger partial charge in [0.2, 0.25) is 0 Å². The normalized spacial score (nSPS) is 23.6. The van der Waals surface area contributed by atoms with Gasteiger partial charge in [-0.25, -0.2) is 4.39 Å². The van der Waals surface area contributed by atoms with Gasteiger partial charge in [-0.1, -0.05) is 23.7 Å². The molecule has 0 spiro atoms. The molecule has 2 unspecified atom stereocenters. The number of piperidine rings is 1. The highest BCUT2D eigenvalue weighted by Gasteiger charge is 2.43. The van der Waals surface area contributed by atoms with Crippen LogP contribution in [0.4, 0.5) is 10.1 Å². The second-order valence-corrected chi connectivity index (χ2v) is 8.26. The number of nitrogens with two attached hydrogens (primary N) is 1. The number of fused-ring (bicyclic) bond motifs is 2. The molecule has 1 amide bonds. The number of hydrogen-bond donors (Lipinski definition) is 1. The van der Waals surface area contributed by atoms with E-state index in [9.17, 15) is 9.18 Å². The Hall–Kier alpha value is -2.27. The second kappa shape index (κ2) is 8.00. The molecule has 2 aliphatic rings. The Bertz CT molecular complexity index is 844. The summed E-state index contributed by atoms with van der Waals surface area (Å²) in [6.07, 6.45) is 5.00. The van der Waals surface area contributed by atoms with Gasteiger partial charge in [-0.05, 0) is 73.9 Å². The van der Waals surface area contributed by atoms with Gasteiger partial charge in [-0.15, -0.1) is 0 Å². The summed E-state index contributed by atoms with van der Waals surface area (Å²) in [6.45, 7) is -0.0124. The Kier molecular flexibility index (Phi) is 5.44. The summed E-state index contributed by atoms with van der Waals surface area (Å²) >= 11 is 5.90. The van der Waals surface area contributed by atoms with Crippen molar-refractivity contribution in [2.45, 2.75) is 44.2 Å². The molecule has 2 atom stereocenters. The van der Waals surface area contributed by atoms with Gasteiger partial charge in [0.15, 0.2) is 6.61 Å². The maximum Gasteiger partial charge on any atom is 0.261 e. The van der Waals surface area contributed by atoms with Crippen molar-refractivity contribution in [3.05, 3.63) is 58.9 Å². The maximum absolute atomic E-state index is 13.1. The van der Waals surface area contributed by atoms with Crippen LogP contribution in [-0.4, -0.2) is 29.5 Å². The second-order valence-electron chi connectivity index (χ2n) is 7.82. The summed E-state index contributed by atoms with van der Waals surface area (Å²) in [5.74, 6) is 0.823. The minimum absolute atomic E-state index is 0.0124. The van der Waals surface area contributed by atoms with Gasteiger partial charge in [-0.2, -0.15) is 0 Å². The summed E-state index contributed by atoms with van der Waals surface area (Å²) in [7, 11) is 0. The van der Waals surface area contributed by atoms with Crippen LogP contribution >= 0.6 is 11.6 Å². The number of anilines is 1. The van der Waals surface area contributed by atoms with Crippen LogP contribution in [0.5, 0.6) is 5.75 Å². The summed E-state index contributed by atoms with van der Waals surface area (Å²) in [5.41, 5.74) is 7.49. The molecule has 6 heteroatoms. The Labute approximate surface area is 169 Å². The highest BCUT2D eigenvalue weighted by Crippen LogP contribution is 2.40. The van der Waals surface area contributed by atoms with Gasteiger partial charge in [-0.3, -0.25) is 4.79 Å². The van der Waals surface area contributed by atoms with Crippen molar-refractivity contribution in [2.24, 2.45) is 5.92 Å². The fraction of sp³-hybridized carbons (Fsp3) is 0.409. The van der Waals surface area contributed by atoms with E-state index in [0.29, 0.717) is 22.4 Å². The third-order valence-corrected chi connectivity index (χ3v) is 6.11. The third-order valence-electron chi connectivity index (χ3n) is 5.88. The maximum atomic E-state index is 13.1. The molecule has 4 rings (SSSR count). The lowest BCUT2D eigenvalue weighted by Crippen LogP contribution is -2.48. The van der Waals surface area contributed by atoms with Crippen LogP contribution < -0.4 is 10.5 Å². The fourth-order valence-electron chi connectivity index (χ4n) is 4.68. The van der Waals surface area contributed by atoms with Crippen molar-refractivity contribution in [1.29, 1.82) is 0 Å². The summed E-state index contributed by atoms with van der Waals surface area (Å²) in [6, 6.07) is 12.3. The van der Waals surface area contributed by atoms with Crippen molar-refractivity contribution in [3.63, 3.8) is 0 Å². The van der Waals surface area contributed by atoms with Crippen LogP contribution in [0.1, 0.15) is 31.2 Å². The molecule has 0 saturated carbocycles. The van der Waals surface area contributed by atoms with E-state index in [1.54, 1.807) is 18.2 Å². The molecular weight excluding hydrogens is 379 g/mol. The highest BCUT2D eigenvalue weighted by atomic mass is 35.5. The van der Waals surface area contributed by atoms with Crippen molar-refractivity contribution in [1.82, 2.24) is 4.90 Å². The summed E-state index contributed by atoms with van der Waals surface area (Å²) in [4.78, 5) is 14.8. The van der Waals surface area contributed by atoms with E-state index in [4.69, 9.17) is 22.1 Å². The average molecular weight is 403 g/mol. The predicted octanol–water partition coefficient (Wildman–Crippen LogP) is 4.45. The van der Waals surface area contributed by atoms with E-state index in [1.165, 1.54) is 12.1 Å². The standard InChI is InChI=1S/C22H24ClFN2O2/c23-16-3-8-21(20(25)12-16)28-13-22(27)26-18-6-7-19(26)11-15(10-18)9-14-1-4-17(24)5-2-14/h1-5,8,12,15,18-19H,6-7,9-11,13,25H2. The minimum atomic E-state index is -0.203. The smallest absolute Gasteiger partial charge is 0.261 e. The first-order chi connectivity index (χ1) is 13.5. The van der Waals surface area contributed by atoms with Crippen LogP contribution in [0.25, 0.3) is 0 Å². The molecule has 2 aromatic rings. The van der Waals surface area contributed by atoms with Crippen LogP contribution in [0.15, 0.2) is 42.5 Å². The van der Waals surface area contributed by atoms with E-state index in [0.717, 1.165) is 37.7 Å². The van der Waals surface area contributed by atoms with Crippen molar-refractivity contribution in [3.8, 4) is 5.75 Å². The first kappa shape index (κ1) is 19.1. The summed E-state index contributed by atoms with van der Waals surface area (Å²) in [5, 5.41) is 0.539. The number of hydrogen-bond acceptors (Lipinski definition) is 3. The van der Waals surface area contributed by atoms with Gasteiger partial charge in [0.05, 0.1) is 5.69 Å². The van der Waals surface area contributed by atoms with Gasteiger partial charge in [0, 0.05) is 17.1 Å². The Morgan fingerprint density at radius 2 is 1.82 bits per heavy atom. The molecule has 2 fully saturated rings. The molecular formula is C22H24ClFN2O2. The predicted molar refractivity (Wildman–Crippen MR) is 108 cm³/mol. The number of ether oxygens (including phenoxy) is 1. The van der Waals surface area contributed by atoms with E-state index in [-0.39, 0.29) is 30.4 Å². The van der Waals surface area contributed by atoms with Gasteiger partial charge in [0.1, 0.15) is 11.6 Å². The van der Waals surface area contributed by atoms with Gasteiger partial charge < -0.3 is 15.4 Å². The molecule has 0 aliphatic carbocycles. The average Bonchev–Trinajstić information content (AvgIpc) is 2.93. The number of nitrogens with zero attached hydrogens (tertiary/aromatic N) is 1. The number of benzene rings is 2. The lowest BCUT2D eigenvalue weighted by atomic mass is 9.86. The van der Waals surface area contributed by atoms with E-state index < -0.39 is 0 Å². The number of rotatable bonds is 5. The van der Waals surface area contributed by atoms with Gasteiger partial charge in [0.25, 0.3) is 5.91 Å². The minimum Gasteiger partial charge on any atom is -0.482 e. The van der Waals surface area contributed by atoms with Crippen LogP contribution in [0.3, 0.4) is 0 Å². The number of carbonyl (C=O) groups is 1. The fourth-order valence-corrected chi connectivity index (χ4v) is 4.86. The molecule has 0 aromatic heterocycles. The Morgan fingerprint density at radius 3 is 2.46 bits per heavy atom. The molecule has 2 saturated heterocycles. The van der Waals surface area contributed by atoms with Crippen molar-refractivity contribution in [2.75, 3.05) is 12.3 Å². The van der Waals surface area contributed by atoms with Crippen LogP contribution in [0, 0.1) is 11.7 Å². The lowest BCUT2D eigenvalue weighted by molar-refractivity contribution is -0.138. The largest absolute Gasteiger partial charge is 0.482 e. The topological polar surface area (TPSA) is 55.6 Å². The van der Waals surface area contributed by atoms with Gasteiger partial charge >= 0.3 is 0 Å². The monoisotopic (exact) mass is 402 g/mol. The van der Waals surface area contributed by atoms with E-state index >= 15 is 0 Å². The highest BCUT2D eigenvalue weighted by molar-refractivity contribution is 6.30. The first-order valence-corrected chi connectivity index (χ1v) is 10.1. The van der Waals surface area contributed by atoms with Crippen molar-refractivity contribution >= 4 is 23.2 Å². The summed E-state index contributed by atoms with van der Waals surface area (Å²) < 4.78 is 18.8. The quantitative estimate of drug-likeness (QED) is 0.751. The van der Waals surface area contributed by atoms with E-state index in [1.807, 2.05) is 17.0 Å². The molecule has 148 valence electrons. The Morgan fingerprint density at radius 1 is 1.14 bits per heavy atom.